The molecule has 5 nitrogen and oxygen atoms in total. The van der Waals surface area contributed by atoms with Crippen LogP contribution in [0.25, 0.3) is 0 Å². The molecule has 2 amide bonds. The van der Waals surface area contributed by atoms with Gasteiger partial charge in [-0.05, 0) is 31.6 Å². The first-order chi connectivity index (χ1) is 8.63. The van der Waals surface area contributed by atoms with Gasteiger partial charge in [-0.2, -0.15) is 0 Å². The highest BCUT2D eigenvalue weighted by Gasteiger charge is 2.19. The number of aliphatic carboxylic acids is 1. The molecule has 18 heavy (non-hydrogen) atoms. The van der Waals surface area contributed by atoms with Crippen molar-refractivity contribution in [3.63, 3.8) is 0 Å². The van der Waals surface area contributed by atoms with Gasteiger partial charge in [-0.25, -0.2) is 9.59 Å². The standard InChI is InChI=1S/C13H22N2O3/c1-2-6-11(12(16)17)15-13(18)14-9-10-7-4-3-5-8-10/h3-4,10-11H,2,5-9H2,1H3,(H,16,17)(H2,14,15,18). The van der Waals surface area contributed by atoms with E-state index in [0.29, 0.717) is 18.9 Å². The van der Waals surface area contributed by atoms with Crippen molar-refractivity contribution in [3.05, 3.63) is 12.2 Å². The highest BCUT2D eigenvalue weighted by atomic mass is 16.4. The molecule has 1 aliphatic rings. The fraction of sp³-hybridized carbons (Fsp3) is 0.692. The molecule has 0 aromatic rings. The second-order valence-electron chi connectivity index (χ2n) is 4.68. The highest BCUT2D eigenvalue weighted by Crippen LogP contribution is 2.16. The van der Waals surface area contributed by atoms with Gasteiger partial charge in [0.2, 0.25) is 0 Å². The average molecular weight is 254 g/mol. The van der Waals surface area contributed by atoms with Crippen molar-refractivity contribution in [2.45, 2.75) is 45.1 Å². The molecule has 0 aliphatic heterocycles. The fourth-order valence-corrected chi connectivity index (χ4v) is 2.03. The Labute approximate surface area is 108 Å². The lowest BCUT2D eigenvalue weighted by molar-refractivity contribution is -0.139. The predicted molar refractivity (Wildman–Crippen MR) is 69.3 cm³/mol. The minimum atomic E-state index is -0.979. The number of carboxylic acids is 1. The molecule has 0 saturated heterocycles. The molecule has 0 radical (unpaired) electrons. The van der Waals surface area contributed by atoms with Crippen molar-refractivity contribution in [1.82, 2.24) is 10.6 Å². The number of hydrogen-bond donors (Lipinski definition) is 3. The van der Waals surface area contributed by atoms with E-state index in [1.54, 1.807) is 0 Å². The summed E-state index contributed by atoms with van der Waals surface area (Å²) in [5.41, 5.74) is 0. The van der Waals surface area contributed by atoms with Crippen molar-refractivity contribution in [2.75, 3.05) is 6.54 Å². The molecule has 0 aromatic carbocycles. The second-order valence-corrected chi connectivity index (χ2v) is 4.68. The molecule has 2 unspecified atom stereocenters. The molecule has 0 aromatic heterocycles. The first-order valence-corrected chi connectivity index (χ1v) is 6.55. The van der Waals surface area contributed by atoms with Crippen molar-refractivity contribution < 1.29 is 14.7 Å². The summed E-state index contributed by atoms with van der Waals surface area (Å²) in [5, 5.41) is 14.2. The lowest BCUT2D eigenvalue weighted by Crippen LogP contribution is -2.47. The molecular weight excluding hydrogens is 232 g/mol. The van der Waals surface area contributed by atoms with E-state index in [2.05, 4.69) is 22.8 Å². The molecule has 5 heteroatoms. The van der Waals surface area contributed by atoms with Crippen LogP contribution in [0.15, 0.2) is 12.2 Å². The molecule has 0 spiro atoms. The quantitative estimate of drug-likeness (QED) is 0.633. The van der Waals surface area contributed by atoms with E-state index in [-0.39, 0.29) is 6.03 Å². The highest BCUT2D eigenvalue weighted by molar-refractivity contribution is 5.82. The van der Waals surface area contributed by atoms with Crippen LogP contribution in [0.5, 0.6) is 0 Å². The number of urea groups is 1. The number of carbonyl (C=O) groups is 2. The van der Waals surface area contributed by atoms with Gasteiger partial charge in [-0.1, -0.05) is 25.5 Å². The Hall–Kier alpha value is -1.52. The summed E-state index contributed by atoms with van der Waals surface area (Å²) in [6.45, 7) is 2.50. The maximum absolute atomic E-state index is 11.6. The lowest BCUT2D eigenvalue weighted by atomic mass is 9.94. The number of nitrogens with one attached hydrogen (secondary N) is 2. The van der Waals surface area contributed by atoms with E-state index in [1.165, 1.54) is 0 Å². The van der Waals surface area contributed by atoms with Gasteiger partial charge in [-0.3, -0.25) is 0 Å². The van der Waals surface area contributed by atoms with Gasteiger partial charge >= 0.3 is 12.0 Å². The van der Waals surface area contributed by atoms with Crippen LogP contribution in [-0.4, -0.2) is 29.7 Å². The monoisotopic (exact) mass is 254 g/mol. The van der Waals surface area contributed by atoms with Crippen molar-refractivity contribution in [1.29, 1.82) is 0 Å². The topological polar surface area (TPSA) is 78.4 Å². The van der Waals surface area contributed by atoms with Crippen molar-refractivity contribution in [2.24, 2.45) is 5.92 Å². The lowest BCUT2D eigenvalue weighted by Gasteiger charge is -2.19. The Morgan fingerprint density at radius 3 is 2.78 bits per heavy atom. The Kier molecular flexibility index (Phi) is 6.25. The summed E-state index contributed by atoms with van der Waals surface area (Å²) < 4.78 is 0. The van der Waals surface area contributed by atoms with Gasteiger partial charge in [-0.15, -0.1) is 0 Å². The summed E-state index contributed by atoms with van der Waals surface area (Å²) in [5.74, 6) is -0.511. The van der Waals surface area contributed by atoms with Crippen LogP contribution in [0.3, 0.4) is 0 Å². The molecule has 1 rings (SSSR count). The Balaban J connectivity index is 2.27. The van der Waals surface area contributed by atoms with E-state index >= 15 is 0 Å². The third kappa shape index (κ3) is 5.21. The second kappa shape index (κ2) is 7.74. The summed E-state index contributed by atoms with van der Waals surface area (Å²) >= 11 is 0. The van der Waals surface area contributed by atoms with Crippen LogP contribution in [0.4, 0.5) is 4.79 Å². The molecule has 1 aliphatic carbocycles. The van der Waals surface area contributed by atoms with E-state index < -0.39 is 12.0 Å². The first-order valence-electron chi connectivity index (χ1n) is 6.55. The number of carbonyl (C=O) groups excluding carboxylic acids is 1. The van der Waals surface area contributed by atoms with Gasteiger partial charge in [0.1, 0.15) is 6.04 Å². The van der Waals surface area contributed by atoms with Gasteiger partial charge in [0.15, 0.2) is 0 Å². The van der Waals surface area contributed by atoms with Crippen LogP contribution in [-0.2, 0) is 4.79 Å². The first kappa shape index (κ1) is 14.5. The number of hydrogen-bond acceptors (Lipinski definition) is 2. The van der Waals surface area contributed by atoms with Crippen LogP contribution < -0.4 is 10.6 Å². The number of carboxylic acid groups (broad SMARTS) is 1. The molecule has 3 N–H and O–H groups in total. The average Bonchev–Trinajstić information content (AvgIpc) is 2.37. The number of amides is 2. The summed E-state index contributed by atoms with van der Waals surface area (Å²) in [6, 6.07) is -1.17. The van der Waals surface area contributed by atoms with Crippen LogP contribution in [0, 0.1) is 5.92 Å². The Morgan fingerprint density at radius 1 is 1.44 bits per heavy atom. The van der Waals surface area contributed by atoms with Crippen molar-refractivity contribution in [3.8, 4) is 0 Å². The van der Waals surface area contributed by atoms with Gasteiger partial charge in [0.05, 0.1) is 0 Å². The van der Waals surface area contributed by atoms with Crippen LogP contribution >= 0.6 is 0 Å². The summed E-state index contributed by atoms with van der Waals surface area (Å²) in [4.78, 5) is 22.5. The molecule has 0 fully saturated rings. The maximum atomic E-state index is 11.6. The minimum absolute atomic E-state index is 0.384. The Morgan fingerprint density at radius 2 is 2.22 bits per heavy atom. The molecule has 0 saturated carbocycles. The molecule has 0 heterocycles. The summed E-state index contributed by atoms with van der Waals surface area (Å²) in [6.07, 6.45) is 8.58. The zero-order chi connectivity index (χ0) is 13.4. The number of rotatable bonds is 6. The fourth-order valence-electron chi connectivity index (χ4n) is 2.03. The van der Waals surface area contributed by atoms with Gasteiger partial charge in [0.25, 0.3) is 0 Å². The third-order valence-electron chi connectivity index (χ3n) is 3.11. The predicted octanol–water partition coefficient (Wildman–Crippen LogP) is 1.90. The molecule has 102 valence electrons. The number of allylic oxidation sites excluding steroid dienone is 2. The SMILES string of the molecule is CCCC(NC(=O)NCC1CC=CCC1)C(=O)O. The zero-order valence-electron chi connectivity index (χ0n) is 10.8. The minimum Gasteiger partial charge on any atom is -0.480 e. The van der Waals surface area contributed by atoms with E-state index in [9.17, 15) is 9.59 Å². The van der Waals surface area contributed by atoms with E-state index in [0.717, 1.165) is 25.7 Å². The molecule has 2 atom stereocenters. The van der Waals surface area contributed by atoms with Crippen LogP contribution in [0.1, 0.15) is 39.0 Å². The van der Waals surface area contributed by atoms with Gasteiger partial charge < -0.3 is 15.7 Å². The largest absolute Gasteiger partial charge is 0.480 e. The molecule has 0 bridgehead atoms. The Bertz CT molecular complexity index is 315. The summed E-state index contributed by atoms with van der Waals surface area (Å²) in [7, 11) is 0. The van der Waals surface area contributed by atoms with E-state index in [1.807, 2.05) is 6.92 Å². The normalized spacial score (nSPS) is 20.2. The zero-order valence-corrected chi connectivity index (χ0v) is 10.8. The van der Waals surface area contributed by atoms with E-state index in [4.69, 9.17) is 5.11 Å². The van der Waals surface area contributed by atoms with Crippen molar-refractivity contribution >= 4 is 12.0 Å². The van der Waals surface area contributed by atoms with Crippen LogP contribution in [0.2, 0.25) is 0 Å². The van der Waals surface area contributed by atoms with Gasteiger partial charge in [0, 0.05) is 6.54 Å². The smallest absolute Gasteiger partial charge is 0.326 e. The maximum Gasteiger partial charge on any atom is 0.326 e. The molecular formula is C13H22N2O3. The third-order valence-corrected chi connectivity index (χ3v) is 3.11.